The molecule has 0 unspecified atom stereocenters. The molecular weight excluding hydrogens is 313 g/mol. The number of amides is 1. The van der Waals surface area contributed by atoms with E-state index in [-0.39, 0.29) is 23.7 Å². The molecule has 0 aromatic carbocycles. The number of nitrogens with zero attached hydrogens (tertiary/aromatic N) is 2. The Morgan fingerprint density at radius 1 is 1.42 bits per heavy atom. The zero-order chi connectivity index (χ0) is 17.1. The first-order valence-electron chi connectivity index (χ1n) is 7.69. The number of halogens is 1. The molecule has 1 aliphatic rings. The number of aryl methyl sites for hydroxylation is 1. The minimum Gasteiger partial charge on any atom is -0.488 e. The van der Waals surface area contributed by atoms with Crippen LogP contribution in [-0.4, -0.2) is 34.7 Å². The van der Waals surface area contributed by atoms with E-state index >= 15 is 0 Å². The number of ether oxygens (including phenoxy) is 2. The molecule has 3 rings (SSSR count). The summed E-state index contributed by atoms with van der Waals surface area (Å²) in [7, 11) is 0. The van der Waals surface area contributed by atoms with Crippen LogP contribution in [0.5, 0.6) is 5.75 Å². The van der Waals surface area contributed by atoms with Crippen LogP contribution in [0.25, 0.3) is 0 Å². The summed E-state index contributed by atoms with van der Waals surface area (Å²) in [6, 6.07) is 5.96. The first-order chi connectivity index (χ1) is 11.5. The minimum absolute atomic E-state index is 0.0310. The van der Waals surface area contributed by atoms with E-state index in [0.717, 1.165) is 12.6 Å². The molecule has 0 saturated carbocycles. The largest absolute Gasteiger partial charge is 0.488 e. The van der Waals surface area contributed by atoms with Crippen molar-refractivity contribution in [2.24, 2.45) is 0 Å². The molecule has 0 radical (unpaired) electrons. The quantitative estimate of drug-likeness (QED) is 0.932. The fraction of sp³-hybridized carbons (Fsp3) is 0.353. The molecule has 0 bridgehead atoms. The van der Waals surface area contributed by atoms with E-state index in [4.69, 9.17) is 9.47 Å². The Balaban J connectivity index is 1.72. The predicted molar refractivity (Wildman–Crippen MR) is 85.6 cm³/mol. The van der Waals surface area contributed by atoms with Crippen molar-refractivity contribution in [2.75, 3.05) is 11.9 Å². The van der Waals surface area contributed by atoms with Crippen LogP contribution < -0.4 is 10.1 Å². The topological polar surface area (TPSA) is 73.3 Å². The van der Waals surface area contributed by atoms with Crippen molar-refractivity contribution in [1.82, 2.24) is 9.97 Å². The first kappa shape index (κ1) is 16.3. The van der Waals surface area contributed by atoms with Crippen LogP contribution in [0.3, 0.4) is 0 Å². The van der Waals surface area contributed by atoms with Crippen molar-refractivity contribution in [3.8, 4) is 5.75 Å². The van der Waals surface area contributed by atoms with E-state index in [1.807, 2.05) is 6.92 Å². The lowest BCUT2D eigenvalue weighted by Gasteiger charge is -2.13. The molecule has 7 heteroatoms. The van der Waals surface area contributed by atoms with Gasteiger partial charge in [0.2, 0.25) is 0 Å². The minimum atomic E-state index is -0.467. The molecule has 2 aromatic heterocycles. The van der Waals surface area contributed by atoms with Gasteiger partial charge in [0, 0.05) is 24.2 Å². The average molecular weight is 331 g/mol. The summed E-state index contributed by atoms with van der Waals surface area (Å²) in [5.41, 5.74) is 0.875. The van der Waals surface area contributed by atoms with Gasteiger partial charge in [0.05, 0.1) is 18.9 Å². The van der Waals surface area contributed by atoms with E-state index in [2.05, 4.69) is 15.3 Å². The lowest BCUT2D eigenvalue weighted by Crippen LogP contribution is -2.18. The van der Waals surface area contributed by atoms with Gasteiger partial charge in [-0.2, -0.15) is 0 Å². The van der Waals surface area contributed by atoms with Crippen LogP contribution in [0, 0.1) is 12.7 Å². The fourth-order valence-corrected chi connectivity index (χ4v) is 2.50. The summed E-state index contributed by atoms with van der Waals surface area (Å²) >= 11 is 0. The summed E-state index contributed by atoms with van der Waals surface area (Å²) in [6.07, 6.45) is 1.99. The van der Waals surface area contributed by atoms with Gasteiger partial charge in [0.25, 0.3) is 5.91 Å². The molecular formula is C17H18FN3O3. The number of hydrogen-bond donors (Lipinski definition) is 1. The van der Waals surface area contributed by atoms with Gasteiger partial charge in [-0.25, -0.2) is 14.4 Å². The predicted octanol–water partition coefficient (Wildman–Crippen LogP) is 2.73. The smallest absolute Gasteiger partial charge is 0.275 e. The van der Waals surface area contributed by atoms with Gasteiger partial charge < -0.3 is 14.8 Å². The number of nitrogens with one attached hydrogen (secondary N) is 1. The number of carbonyl (C=O) groups excluding carboxylic acids is 1. The fourth-order valence-electron chi connectivity index (χ4n) is 2.50. The molecule has 2 atom stereocenters. The third-order valence-corrected chi connectivity index (χ3v) is 3.59. The highest BCUT2D eigenvalue weighted by Crippen LogP contribution is 2.22. The number of rotatable bonds is 4. The summed E-state index contributed by atoms with van der Waals surface area (Å²) in [4.78, 5) is 20.3. The lowest BCUT2D eigenvalue weighted by atomic mass is 10.2. The standard InChI is InChI=1S/C17H18FN3O3/c1-10-5-13(24-14-6-11(2)23-9-14)7-15(20-10)17(22)21-16-4-3-12(18)8-19-16/h3-5,7-8,11,14H,6,9H2,1-2H3,(H,19,21,22)/t11-,14+/m0/s1. The number of pyridine rings is 2. The summed E-state index contributed by atoms with van der Waals surface area (Å²) in [5.74, 6) is -0.0725. The van der Waals surface area contributed by atoms with Crippen molar-refractivity contribution in [3.05, 3.63) is 47.7 Å². The maximum absolute atomic E-state index is 12.9. The van der Waals surface area contributed by atoms with Gasteiger partial charge in [-0.3, -0.25) is 4.79 Å². The lowest BCUT2D eigenvalue weighted by molar-refractivity contribution is 0.101. The number of carbonyl (C=O) groups is 1. The normalized spacial score (nSPS) is 20.0. The highest BCUT2D eigenvalue weighted by Gasteiger charge is 2.24. The van der Waals surface area contributed by atoms with Crippen LogP contribution in [0.4, 0.5) is 10.2 Å². The number of hydrogen-bond acceptors (Lipinski definition) is 5. The second kappa shape index (κ2) is 6.92. The van der Waals surface area contributed by atoms with Crippen LogP contribution in [0.1, 0.15) is 29.5 Å². The maximum Gasteiger partial charge on any atom is 0.275 e. The van der Waals surface area contributed by atoms with Crippen LogP contribution in [0.15, 0.2) is 30.5 Å². The van der Waals surface area contributed by atoms with E-state index in [0.29, 0.717) is 18.1 Å². The maximum atomic E-state index is 12.9. The Kier molecular flexibility index (Phi) is 4.71. The Morgan fingerprint density at radius 2 is 2.25 bits per heavy atom. The van der Waals surface area contributed by atoms with E-state index in [1.54, 1.807) is 19.1 Å². The Hall–Kier alpha value is -2.54. The third-order valence-electron chi connectivity index (χ3n) is 3.59. The highest BCUT2D eigenvalue weighted by molar-refractivity contribution is 6.02. The molecule has 1 saturated heterocycles. The highest BCUT2D eigenvalue weighted by atomic mass is 19.1. The van der Waals surface area contributed by atoms with Crippen molar-refractivity contribution >= 4 is 11.7 Å². The molecule has 0 spiro atoms. The van der Waals surface area contributed by atoms with Gasteiger partial charge >= 0.3 is 0 Å². The first-order valence-corrected chi connectivity index (χ1v) is 7.69. The van der Waals surface area contributed by atoms with Crippen molar-refractivity contribution in [3.63, 3.8) is 0 Å². The second-order valence-electron chi connectivity index (χ2n) is 5.76. The number of anilines is 1. The van der Waals surface area contributed by atoms with Crippen molar-refractivity contribution in [2.45, 2.75) is 32.5 Å². The second-order valence-corrected chi connectivity index (χ2v) is 5.76. The van der Waals surface area contributed by atoms with Gasteiger partial charge in [0.15, 0.2) is 0 Å². The summed E-state index contributed by atoms with van der Waals surface area (Å²) in [5, 5.41) is 2.58. The molecule has 1 fully saturated rings. The Bertz CT molecular complexity index is 736. The summed E-state index contributed by atoms with van der Waals surface area (Å²) < 4.78 is 24.2. The Labute approximate surface area is 139 Å². The monoisotopic (exact) mass is 331 g/mol. The van der Waals surface area contributed by atoms with Gasteiger partial charge in [-0.15, -0.1) is 0 Å². The van der Waals surface area contributed by atoms with E-state index < -0.39 is 11.7 Å². The molecule has 1 aliphatic heterocycles. The Morgan fingerprint density at radius 3 is 2.92 bits per heavy atom. The van der Waals surface area contributed by atoms with E-state index in [1.165, 1.54) is 12.1 Å². The van der Waals surface area contributed by atoms with Gasteiger partial charge in [-0.05, 0) is 26.0 Å². The molecule has 1 amide bonds. The molecule has 126 valence electrons. The zero-order valence-corrected chi connectivity index (χ0v) is 13.5. The molecule has 0 aliphatic carbocycles. The van der Waals surface area contributed by atoms with Crippen molar-refractivity contribution < 1.29 is 18.7 Å². The summed E-state index contributed by atoms with van der Waals surface area (Å²) in [6.45, 7) is 4.31. The van der Waals surface area contributed by atoms with E-state index in [9.17, 15) is 9.18 Å². The number of aromatic nitrogens is 2. The van der Waals surface area contributed by atoms with Crippen molar-refractivity contribution in [1.29, 1.82) is 0 Å². The third kappa shape index (κ3) is 4.05. The molecule has 24 heavy (non-hydrogen) atoms. The van der Waals surface area contributed by atoms with Crippen LogP contribution in [-0.2, 0) is 4.74 Å². The zero-order valence-electron chi connectivity index (χ0n) is 13.5. The van der Waals surface area contributed by atoms with Gasteiger partial charge in [-0.1, -0.05) is 0 Å². The average Bonchev–Trinajstić information content (AvgIpc) is 2.94. The van der Waals surface area contributed by atoms with Gasteiger partial charge in [0.1, 0.15) is 29.2 Å². The molecule has 6 nitrogen and oxygen atoms in total. The molecule has 3 heterocycles. The molecule has 2 aromatic rings. The molecule has 1 N–H and O–H groups in total. The SMILES string of the molecule is Cc1cc(O[C@H]2CO[C@@H](C)C2)cc(C(=O)Nc2ccc(F)cn2)n1. The van der Waals surface area contributed by atoms with Crippen LogP contribution in [0.2, 0.25) is 0 Å². The van der Waals surface area contributed by atoms with Crippen LogP contribution >= 0.6 is 0 Å².